The topological polar surface area (TPSA) is 9.23 Å². The minimum atomic E-state index is -0.225. The van der Waals surface area contributed by atoms with Crippen LogP contribution in [0, 0.1) is 11.9 Å². The highest BCUT2D eigenvalue weighted by Crippen LogP contribution is 2.27. The number of ether oxygens (including phenoxy) is 1. The van der Waals surface area contributed by atoms with Crippen molar-refractivity contribution in [2.24, 2.45) is 0 Å². The van der Waals surface area contributed by atoms with Gasteiger partial charge in [-0.15, -0.1) is 11.8 Å². The largest absolute Gasteiger partial charge is 0.497 e. The standard InChI is InChI=1S/C18H14FOS/c1-20-17-7-2-13(3-8-17)12-21-18-9-5-14-10-16(19)6-4-15(14)11-18/h2-4,6-11H,12H2,1H3. The summed E-state index contributed by atoms with van der Waals surface area (Å²) < 4.78 is 18.3. The fourth-order valence-electron chi connectivity index (χ4n) is 2.09. The van der Waals surface area contributed by atoms with Gasteiger partial charge in [0.1, 0.15) is 11.6 Å². The van der Waals surface area contributed by atoms with Crippen LogP contribution in [0.4, 0.5) is 4.39 Å². The molecule has 1 radical (unpaired) electrons. The van der Waals surface area contributed by atoms with E-state index in [9.17, 15) is 4.39 Å². The van der Waals surface area contributed by atoms with E-state index in [0.29, 0.717) is 0 Å². The summed E-state index contributed by atoms with van der Waals surface area (Å²) >= 11 is 1.74. The summed E-state index contributed by atoms with van der Waals surface area (Å²) in [6, 6.07) is 19.9. The highest BCUT2D eigenvalue weighted by Gasteiger charge is 2.01. The first-order valence-corrected chi connectivity index (χ1v) is 7.60. The molecule has 0 aromatic heterocycles. The van der Waals surface area contributed by atoms with Crippen LogP contribution in [0.3, 0.4) is 0 Å². The summed E-state index contributed by atoms with van der Waals surface area (Å²) in [4.78, 5) is 1.13. The minimum absolute atomic E-state index is 0.225. The second-order valence-corrected chi connectivity index (χ2v) is 5.75. The molecule has 3 heteroatoms. The molecule has 0 saturated heterocycles. The Morgan fingerprint density at radius 3 is 2.67 bits per heavy atom. The maximum absolute atomic E-state index is 13.1. The van der Waals surface area contributed by atoms with E-state index in [4.69, 9.17) is 4.74 Å². The Hall–Kier alpha value is -2.00. The van der Waals surface area contributed by atoms with Gasteiger partial charge in [0.15, 0.2) is 0 Å². The maximum atomic E-state index is 13.1. The molecular formula is C18H14FOS. The molecule has 0 aliphatic rings. The summed E-state index contributed by atoms with van der Waals surface area (Å²) in [5, 5.41) is 1.82. The second kappa shape index (κ2) is 6.19. The number of benzene rings is 3. The van der Waals surface area contributed by atoms with Crippen LogP contribution in [0.25, 0.3) is 10.8 Å². The van der Waals surface area contributed by atoms with Crippen LogP contribution in [0.5, 0.6) is 5.75 Å². The molecule has 0 heterocycles. The third kappa shape index (κ3) is 3.37. The summed E-state index contributed by atoms with van der Waals surface area (Å²) in [6.07, 6.45) is 0. The highest BCUT2D eigenvalue weighted by molar-refractivity contribution is 7.98. The molecule has 3 aromatic rings. The zero-order valence-corrected chi connectivity index (χ0v) is 12.4. The van der Waals surface area contributed by atoms with Crippen molar-refractivity contribution in [3.05, 3.63) is 72.0 Å². The number of halogens is 1. The van der Waals surface area contributed by atoms with Gasteiger partial charge < -0.3 is 4.74 Å². The van der Waals surface area contributed by atoms with E-state index in [1.165, 1.54) is 17.7 Å². The highest BCUT2D eigenvalue weighted by atomic mass is 32.2. The molecule has 0 aliphatic carbocycles. The van der Waals surface area contributed by atoms with Crippen LogP contribution >= 0.6 is 11.8 Å². The molecule has 0 N–H and O–H groups in total. The Morgan fingerprint density at radius 1 is 1.10 bits per heavy atom. The summed E-state index contributed by atoms with van der Waals surface area (Å²) in [7, 11) is 1.66. The molecule has 0 aliphatic heterocycles. The number of hydrogen-bond donors (Lipinski definition) is 0. The molecule has 0 unspecified atom stereocenters. The molecular weight excluding hydrogens is 283 g/mol. The molecule has 0 fully saturated rings. The lowest BCUT2D eigenvalue weighted by molar-refractivity contribution is 0.414. The summed E-state index contributed by atoms with van der Waals surface area (Å²) in [6.45, 7) is 0. The Bertz CT molecular complexity index is 753. The summed E-state index contributed by atoms with van der Waals surface area (Å²) in [5.74, 6) is 1.52. The van der Waals surface area contributed by atoms with E-state index < -0.39 is 0 Å². The van der Waals surface area contributed by atoms with Gasteiger partial charge in [-0.2, -0.15) is 0 Å². The van der Waals surface area contributed by atoms with Crippen LogP contribution < -0.4 is 4.74 Å². The number of hydrogen-bond acceptors (Lipinski definition) is 2. The van der Waals surface area contributed by atoms with Gasteiger partial charge in [0.05, 0.1) is 7.11 Å². The van der Waals surface area contributed by atoms with Crippen LogP contribution in [-0.4, -0.2) is 7.11 Å². The van der Waals surface area contributed by atoms with Crippen molar-refractivity contribution in [1.82, 2.24) is 0 Å². The van der Waals surface area contributed by atoms with Crippen LogP contribution in [-0.2, 0) is 5.75 Å². The van der Waals surface area contributed by atoms with Crippen molar-refractivity contribution in [3.8, 4) is 5.75 Å². The number of thioether (sulfide) groups is 1. The number of fused-ring (bicyclic) bond motifs is 1. The van der Waals surface area contributed by atoms with E-state index in [1.807, 2.05) is 18.2 Å². The Kier molecular flexibility index (Phi) is 4.11. The first kappa shape index (κ1) is 14.0. The minimum Gasteiger partial charge on any atom is -0.497 e. The average molecular weight is 297 g/mol. The molecule has 0 atom stereocenters. The van der Waals surface area contributed by atoms with Crippen molar-refractivity contribution in [1.29, 1.82) is 0 Å². The van der Waals surface area contributed by atoms with Crippen molar-refractivity contribution >= 4 is 22.5 Å². The second-order valence-electron chi connectivity index (χ2n) is 4.70. The SMILES string of the molecule is COc1ccc(CSc2c[c]c3cc(F)ccc3c2)cc1. The molecule has 3 aromatic carbocycles. The van der Waals surface area contributed by atoms with Crippen LogP contribution in [0.2, 0.25) is 0 Å². The molecule has 1 nitrogen and oxygen atoms in total. The van der Waals surface area contributed by atoms with Crippen molar-refractivity contribution in [3.63, 3.8) is 0 Å². The Balaban J connectivity index is 1.73. The Morgan fingerprint density at radius 2 is 1.90 bits per heavy atom. The zero-order valence-electron chi connectivity index (χ0n) is 11.6. The van der Waals surface area contributed by atoms with Gasteiger partial charge in [0.25, 0.3) is 0 Å². The Labute approximate surface area is 127 Å². The molecule has 3 rings (SSSR count). The first-order chi connectivity index (χ1) is 10.2. The fraction of sp³-hybridized carbons (Fsp3) is 0.111. The first-order valence-electron chi connectivity index (χ1n) is 6.61. The van der Waals surface area contributed by atoms with Gasteiger partial charge in [-0.25, -0.2) is 4.39 Å². The van der Waals surface area contributed by atoms with E-state index >= 15 is 0 Å². The van der Waals surface area contributed by atoms with Gasteiger partial charge >= 0.3 is 0 Å². The van der Waals surface area contributed by atoms with Crippen LogP contribution in [0.15, 0.2) is 59.5 Å². The van der Waals surface area contributed by atoms with E-state index in [1.54, 1.807) is 24.9 Å². The molecule has 21 heavy (non-hydrogen) atoms. The molecule has 0 bridgehead atoms. The third-order valence-corrected chi connectivity index (χ3v) is 4.29. The molecule has 105 valence electrons. The van der Waals surface area contributed by atoms with E-state index in [-0.39, 0.29) is 5.82 Å². The molecule has 0 amide bonds. The third-order valence-electron chi connectivity index (χ3n) is 3.25. The van der Waals surface area contributed by atoms with Crippen molar-refractivity contribution < 1.29 is 9.13 Å². The van der Waals surface area contributed by atoms with Crippen LogP contribution in [0.1, 0.15) is 5.56 Å². The normalized spacial score (nSPS) is 10.8. The average Bonchev–Trinajstić information content (AvgIpc) is 2.53. The fourth-order valence-corrected chi connectivity index (χ4v) is 2.97. The van der Waals surface area contributed by atoms with Gasteiger partial charge in [-0.3, -0.25) is 0 Å². The molecule has 0 saturated carbocycles. The van der Waals surface area contributed by atoms with Gasteiger partial charge in [0.2, 0.25) is 0 Å². The van der Waals surface area contributed by atoms with E-state index in [0.717, 1.165) is 27.2 Å². The van der Waals surface area contributed by atoms with Gasteiger partial charge in [-0.05, 0) is 58.8 Å². The molecule has 0 spiro atoms. The van der Waals surface area contributed by atoms with Gasteiger partial charge in [-0.1, -0.05) is 18.2 Å². The predicted octanol–water partition coefficient (Wildman–Crippen LogP) is 5.08. The number of rotatable bonds is 4. The van der Waals surface area contributed by atoms with Gasteiger partial charge in [0, 0.05) is 10.6 Å². The maximum Gasteiger partial charge on any atom is 0.123 e. The lowest BCUT2D eigenvalue weighted by Crippen LogP contribution is -1.84. The monoisotopic (exact) mass is 297 g/mol. The summed E-state index contributed by atoms with van der Waals surface area (Å²) in [5.41, 5.74) is 1.24. The number of methoxy groups -OCH3 is 1. The lowest BCUT2D eigenvalue weighted by Gasteiger charge is -2.05. The van der Waals surface area contributed by atoms with Crippen molar-refractivity contribution in [2.75, 3.05) is 7.11 Å². The zero-order chi connectivity index (χ0) is 14.7. The smallest absolute Gasteiger partial charge is 0.123 e. The quantitative estimate of drug-likeness (QED) is 0.621. The predicted molar refractivity (Wildman–Crippen MR) is 85.3 cm³/mol. The van der Waals surface area contributed by atoms with Crippen molar-refractivity contribution in [2.45, 2.75) is 10.6 Å². The lowest BCUT2D eigenvalue weighted by atomic mass is 10.1. The van der Waals surface area contributed by atoms with E-state index in [2.05, 4.69) is 24.3 Å².